The standard InChI is InChI=1S/C40H52ClN5O5S2/c1-28-7-6-15-40(50-3,27-44-18-20-45(21-19-44)39-42-16-22-52-39)35-13-10-32(35)25-46-17-5-4-8-30-23-34(41)12-9-33(30)26-51-37-14-11-31(24-36(37)46)38(47)43-53(48,49)29(28)2/h6,9,11-12,14-16,22-24,28-29,32,35H,4-5,7-8,10,13,17-21,25-27H2,1-3H3,(H,43,47)/b15-6+/t28-,29+,32-,35+,40+/m0/s1. The molecule has 0 radical (unpaired) electrons. The fourth-order valence-electron chi connectivity index (χ4n) is 8.45. The van der Waals surface area contributed by atoms with E-state index in [1.165, 1.54) is 5.56 Å². The second kappa shape index (κ2) is 16.3. The van der Waals surface area contributed by atoms with Crippen LogP contribution in [0.4, 0.5) is 10.8 Å². The normalized spacial score (nSPS) is 29.0. The van der Waals surface area contributed by atoms with Crippen LogP contribution < -0.4 is 19.3 Å². The third kappa shape index (κ3) is 8.42. The maximum atomic E-state index is 13.6. The number of nitrogens with one attached hydrogen (secondary N) is 1. The molecule has 1 amide bonds. The molecule has 53 heavy (non-hydrogen) atoms. The van der Waals surface area contributed by atoms with E-state index in [4.69, 9.17) is 21.1 Å². The van der Waals surface area contributed by atoms with Crippen LogP contribution in [0.2, 0.25) is 5.02 Å². The summed E-state index contributed by atoms with van der Waals surface area (Å²) in [5, 5.41) is 3.02. The number of anilines is 2. The van der Waals surface area contributed by atoms with Crippen molar-refractivity contribution in [2.75, 3.05) is 62.7 Å². The number of benzene rings is 2. The first kappa shape index (κ1) is 38.1. The number of ether oxygens (including phenoxy) is 2. The smallest absolute Gasteiger partial charge is 0.264 e. The first-order valence-electron chi connectivity index (χ1n) is 19.0. The SMILES string of the molecule is CO[C@@]1(CN2CCN(c3nccs3)CC2)/C=C/C[C@H](C)[C@@H](C)S(=O)(=O)NC(=O)c2ccc3c(c2)N(CCCCc2cc(Cl)ccc2CO3)C[C@@H]2CC[C@H]21. The highest BCUT2D eigenvalue weighted by Crippen LogP contribution is 2.47. The Morgan fingerprint density at radius 2 is 1.87 bits per heavy atom. The molecule has 7 rings (SSSR count). The zero-order valence-electron chi connectivity index (χ0n) is 31.0. The average Bonchev–Trinajstić information content (AvgIpc) is 3.67. The van der Waals surface area contributed by atoms with Crippen LogP contribution in [-0.4, -0.2) is 88.0 Å². The summed E-state index contributed by atoms with van der Waals surface area (Å²) in [6, 6.07) is 11.3. The molecule has 286 valence electrons. The van der Waals surface area contributed by atoms with Crippen molar-refractivity contribution in [3.8, 4) is 5.75 Å². The van der Waals surface area contributed by atoms with E-state index in [1.807, 2.05) is 55.9 Å². The predicted molar refractivity (Wildman–Crippen MR) is 213 cm³/mol. The van der Waals surface area contributed by atoms with Gasteiger partial charge in [0.05, 0.1) is 10.9 Å². The van der Waals surface area contributed by atoms with Crippen molar-refractivity contribution >= 4 is 49.7 Å². The number of nitrogens with zero attached hydrogens (tertiary/aromatic N) is 4. The largest absolute Gasteiger partial charge is 0.487 e. The van der Waals surface area contributed by atoms with Gasteiger partial charge in [0.15, 0.2) is 5.13 Å². The van der Waals surface area contributed by atoms with Gasteiger partial charge in [-0.05, 0) is 105 Å². The van der Waals surface area contributed by atoms with Gasteiger partial charge in [0.1, 0.15) is 18.0 Å². The summed E-state index contributed by atoms with van der Waals surface area (Å²) in [7, 11) is -2.13. The summed E-state index contributed by atoms with van der Waals surface area (Å²) >= 11 is 8.09. The highest BCUT2D eigenvalue weighted by Gasteiger charge is 2.48. The summed E-state index contributed by atoms with van der Waals surface area (Å²) in [5.41, 5.74) is 2.83. The molecule has 1 saturated carbocycles. The quantitative estimate of drug-likeness (QED) is 0.287. The first-order valence-corrected chi connectivity index (χ1v) is 21.8. The number of halogens is 1. The molecule has 2 aromatic carbocycles. The Balaban J connectivity index is 1.23. The summed E-state index contributed by atoms with van der Waals surface area (Å²) in [5.74, 6) is 0.408. The van der Waals surface area contributed by atoms with E-state index in [0.717, 1.165) is 94.3 Å². The molecule has 1 aliphatic carbocycles. The fraction of sp³-hybridized carbons (Fsp3) is 0.550. The molecule has 4 aliphatic rings. The Kier molecular flexibility index (Phi) is 11.7. The average molecular weight is 782 g/mol. The number of rotatable bonds is 4. The number of sulfonamides is 1. The number of amides is 1. The lowest BCUT2D eigenvalue weighted by atomic mass is 9.63. The molecule has 2 bridgehead atoms. The van der Waals surface area contributed by atoms with E-state index >= 15 is 0 Å². The second-order valence-corrected chi connectivity index (χ2v) is 18.6. The molecule has 0 spiro atoms. The zero-order valence-corrected chi connectivity index (χ0v) is 33.4. The Hall–Kier alpha value is -3.16. The van der Waals surface area contributed by atoms with Crippen LogP contribution in [0.3, 0.4) is 0 Å². The molecule has 0 unspecified atom stereocenters. The van der Waals surface area contributed by atoms with Crippen molar-refractivity contribution in [3.05, 3.63) is 81.8 Å². The topological polar surface area (TPSA) is 104 Å². The fourth-order valence-corrected chi connectivity index (χ4v) is 10.6. The van der Waals surface area contributed by atoms with Gasteiger partial charge in [-0.15, -0.1) is 11.3 Å². The molecule has 1 aromatic heterocycles. The molecule has 4 heterocycles. The monoisotopic (exact) mass is 781 g/mol. The van der Waals surface area contributed by atoms with Crippen molar-refractivity contribution in [3.63, 3.8) is 0 Å². The number of fused-ring (bicyclic) bond motifs is 3. The highest BCUT2D eigenvalue weighted by atomic mass is 35.5. The Bertz CT molecular complexity index is 1880. The lowest BCUT2D eigenvalue weighted by Gasteiger charge is -2.52. The summed E-state index contributed by atoms with van der Waals surface area (Å²) in [4.78, 5) is 25.4. The number of thiazole rings is 1. The molecule has 1 saturated heterocycles. The van der Waals surface area contributed by atoms with Gasteiger partial charge >= 0.3 is 0 Å². The molecule has 5 atom stereocenters. The number of hydrogen-bond donors (Lipinski definition) is 1. The molecular weight excluding hydrogens is 730 g/mol. The van der Waals surface area contributed by atoms with E-state index in [2.05, 4.69) is 36.6 Å². The number of methoxy groups -OCH3 is 1. The van der Waals surface area contributed by atoms with Crippen molar-refractivity contribution < 1.29 is 22.7 Å². The highest BCUT2D eigenvalue weighted by molar-refractivity contribution is 7.90. The van der Waals surface area contributed by atoms with Crippen LogP contribution in [0.25, 0.3) is 0 Å². The molecule has 3 aromatic rings. The van der Waals surface area contributed by atoms with Crippen LogP contribution in [0.15, 0.2) is 60.1 Å². The van der Waals surface area contributed by atoms with Gasteiger partial charge < -0.3 is 19.3 Å². The molecule has 3 aliphatic heterocycles. The van der Waals surface area contributed by atoms with Gasteiger partial charge in [-0.1, -0.05) is 36.7 Å². The van der Waals surface area contributed by atoms with Crippen LogP contribution in [-0.2, 0) is 27.8 Å². The van der Waals surface area contributed by atoms with Crippen molar-refractivity contribution in [1.82, 2.24) is 14.6 Å². The lowest BCUT2D eigenvalue weighted by molar-refractivity contribution is -0.0919. The van der Waals surface area contributed by atoms with Gasteiger partial charge in [0.2, 0.25) is 10.0 Å². The number of aryl methyl sites for hydroxylation is 1. The number of piperazine rings is 1. The molecule has 10 nitrogen and oxygen atoms in total. The van der Waals surface area contributed by atoms with Crippen LogP contribution in [0, 0.1) is 17.8 Å². The van der Waals surface area contributed by atoms with E-state index in [9.17, 15) is 13.2 Å². The third-order valence-corrected chi connectivity index (χ3v) is 15.1. The minimum absolute atomic E-state index is 0.230. The Labute approximate surface area is 323 Å². The van der Waals surface area contributed by atoms with Crippen molar-refractivity contribution in [2.45, 2.75) is 69.8 Å². The number of allylic oxidation sites excluding steroid dienone is 1. The summed E-state index contributed by atoms with van der Waals surface area (Å²) < 4.78 is 42.8. The minimum atomic E-state index is -3.96. The summed E-state index contributed by atoms with van der Waals surface area (Å²) in [6.07, 6.45) is 11.7. The van der Waals surface area contributed by atoms with Gasteiger partial charge in [-0.3, -0.25) is 9.69 Å². The van der Waals surface area contributed by atoms with Crippen LogP contribution in [0.5, 0.6) is 5.75 Å². The van der Waals surface area contributed by atoms with Crippen LogP contribution in [0.1, 0.15) is 67.4 Å². The van der Waals surface area contributed by atoms with E-state index in [-0.39, 0.29) is 11.8 Å². The molecule has 2 fully saturated rings. The van der Waals surface area contributed by atoms with E-state index in [0.29, 0.717) is 35.3 Å². The second-order valence-electron chi connectivity index (χ2n) is 15.3. The zero-order chi connectivity index (χ0) is 37.2. The number of aromatic nitrogens is 1. The van der Waals surface area contributed by atoms with Crippen LogP contribution >= 0.6 is 22.9 Å². The maximum absolute atomic E-state index is 13.6. The summed E-state index contributed by atoms with van der Waals surface area (Å²) in [6.45, 7) is 9.91. The Morgan fingerprint density at radius 3 is 2.60 bits per heavy atom. The maximum Gasteiger partial charge on any atom is 0.264 e. The molecule has 1 N–H and O–H groups in total. The van der Waals surface area contributed by atoms with Crippen molar-refractivity contribution in [2.24, 2.45) is 17.8 Å². The predicted octanol–water partition coefficient (Wildman–Crippen LogP) is 6.80. The van der Waals surface area contributed by atoms with Gasteiger partial charge in [-0.2, -0.15) is 0 Å². The molecular formula is C40H52ClN5O5S2. The first-order chi connectivity index (χ1) is 25.5. The molecule has 13 heteroatoms. The van der Waals surface area contributed by atoms with Gasteiger partial charge in [-0.25, -0.2) is 18.1 Å². The minimum Gasteiger partial charge on any atom is -0.487 e. The van der Waals surface area contributed by atoms with Gasteiger partial charge in [0, 0.05) is 75.1 Å². The Morgan fingerprint density at radius 1 is 1.04 bits per heavy atom. The lowest BCUT2D eigenvalue weighted by Crippen LogP contribution is -2.58. The van der Waals surface area contributed by atoms with E-state index < -0.39 is 26.8 Å². The number of carbonyl (C=O) groups is 1. The van der Waals surface area contributed by atoms with Gasteiger partial charge in [0.25, 0.3) is 5.91 Å². The van der Waals surface area contributed by atoms with Crippen molar-refractivity contribution in [1.29, 1.82) is 0 Å². The number of carbonyl (C=O) groups excluding carboxylic acids is 1. The number of hydrogen-bond acceptors (Lipinski definition) is 10. The van der Waals surface area contributed by atoms with E-state index in [1.54, 1.807) is 24.3 Å². The third-order valence-electron chi connectivity index (χ3n) is 12.1.